The number of hydrogen-bond acceptors (Lipinski definition) is 6. The van der Waals surface area contributed by atoms with E-state index in [1.54, 1.807) is 0 Å². The van der Waals surface area contributed by atoms with E-state index < -0.39 is 23.2 Å². The van der Waals surface area contributed by atoms with E-state index in [1.165, 1.54) is 16.7 Å². The molecule has 0 spiro atoms. The monoisotopic (exact) mass is 389 g/mol. The third kappa shape index (κ3) is 4.43. The maximum Gasteiger partial charge on any atom is 0.327 e. The molecule has 0 bridgehead atoms. The summed E-state index contributed by atoms with van der Waals surface area (Å²) in [6.45, 7) is 4.12. The molecule has 0 radical (unpaired) electrons. The van der Waals surface area contributed by atoms with Gasteiger partial charge in [0.15, 0.2) is 0 Å². The Morgan fingerprint density at radius 2 is 2.16 bits per heavy atom. The summed E-state index contributed by atoms with van der Waals surface area (Å²) in [4.78, 5) is 38.1. The van der Waals surface area contributed by atoms with Crippen LogP contribution in [0.3, 0.4) is 0 Å². The number of fused-ring (bicyclic) bond motifs is 1. The van der Waals surface area contributed by atoms with E-state index >= 15 is 0 Å². The van der Waals surface area contributed by atoms with Gasteiger partial charge in [-0.05, 0) is 25.2 Å². The van der Waals surface area contributed by atoms with Crippen LogP contribution in [-0.4, -0.2) is 62.8 Å². The van der Waals surface area contributed by atoms with Crippen LogP contribution in [0.2, 0.25) is 0 Å². The number of amides is 2. The molecule has 142 valence electrons. The highest BCUT2D eigenvalue weighted by molar-refractivity contribution is 8.00. The Hall–Kier alpha value is -0.930. The smallest absolute Gasteiger partial charge is 0.327 e. The number of thiol groups is 1. The lowest BCUT2D eigenvalue weighted by molar-refractivity contribution is -0.150. The second kappa shape index (κ2) is 8.64. The van der Waals surface area contributed by atoms with Crippen molar-refractivity contribution in [2.45, 2.75) is 55.8 Å². The zero-order chi connectivity index (χ0) is 18.7. The highest BCUT2D eigenvalue weighted by Gasteiger charge is 2.47. The van der Waals surface area contributed by atoms with E-state index in [-0.39, 0.29) is 35.7 Å². The van der Waals surface area contributed by atoms with Crippen LogP contribution in [0, 0.1) is 11.8 Å². The molecule has 2 fully saturated rings. The lowest BCUT2D eigenvalue weighted by atomic mass is 9.98. The number of nitrogens with two attached hydrogens (primary N) is 1. The van der Waals surface area contributed by atoms with Crippen LogP contribution in [0.1, 0.15) is 33.1 Å². The van der Waals surface area contributed by atoms with Crippen molar-refractivity contribution in [1.82, 2.24) is 10.2 Å². The van der Waals surface area contributed by atoms with E-state index in [2.05, 4.69) is 17.9 Å². The molecule has 25 heavy (non-hydrogen) atoms. The number of rotatable bonds is 6. The van der Waals surface area contributed by atoms with Gasteiger partial charge in [0.2, 0.25) is 11.8 Å². The summed E-state index contributed by atoms with van der Waals surface area (Å²) in [6.07, 6.45) is 2.09. The second-order valence-corrected chi connectivity index (χ2v) is 8.54. The fourth-order valence-electron chi connectivity index (χ4n) is 3.31. The molecule has 0 aromatic rings. The van der Waals surface area contributed by atoms with Crippen LogP contribution in [-0.2, 0) is 14.4 Å². The van der Waals surface area contributed by atoms with Crippen LogP contribution < -0.4 is 11.1 Å². The van der Waals surface area contributed by atoms with Crippen molar-refractivity contribution in [1.29, 1.82) is 0 Å². The molecule has 2 heterocycles. The molecule has 2 amide bonds. The van der Waals surface area contributed by atoms with E-state index in [4.69, 9.17) is 5.73 Å². The minimum Gasteiger partial charge on any atom is -0.480 e. The maximum absolute atomic E-state index is 12.9. The van der Waals surface area contributed by atoms with Crippen LogP contribution >= 0.6 is 24.4 Å². The number of carbonyl (C=O) groups is 3. The van der Waals surface area contributed by atoms with E-state index in [9.17, 15) is 19.5 Å². The predicted octanol–water partition coefficient (Wildman–Crippen LogP) is 0.539. The summed E-state index contributed by atoms with van der Waals surface area (Å²) in [5.74, 6) is -1.20. The van der Waals surface area contributed by atoms with Gasteiger partial charge in [-0.15, -0.1) is 11.8 Å². The number of nitrogens with zero attached hydrogens (tertiary/aromatic N) is 1. The molecule has 0 aromatic heterocycles. The minimum absolute atomic E-state index is 0.0968. The first-order chi connectivity index (χ1) is 11.8. The fourth-order valence-corrected chi connectivity index (χ4v) is 5.17. The molecule has 2 saturated heterocycles. The molecular formula is C16H27N3O4S2. The van der Waals surface area contributed by atoms with Crippen LogP contribution in [0.25, 0.3) is 0 Å². The highest BCUT2D eigenvalue weighted by atomic mass is 32.2. The number of carbonyl (C=O) groups excluding carboxylic acids is 2. The topological polar surface area (TPSA) is 113 Å². The van der Waals surface area contributed by atoms with Crippen molar-refractivity contribution in [2.24, 2.45) is 17.6 Å². The van der Waals surface area contributed by atoms with Gasteiger partial charge in [-0.3, -0.25) is 9.59 Å². The Kier molecular flexibility index (Phi) is 7.04. The molecule has 2 rings (SSSR count). The van der Waals surface area contributed by atoms with Crippen LogP contribution in [0.15, 0.2) is 0 Å². The van der Waals surface area contributed by atoms with Gasteiger partial charge in [-0.25, -0.2) is 4.79 Å². The summed E-state index contributed by atoms with van der Waals surface area (Å²) in [5.41, 5.74) is 5.84. The Labute approximate surface area is 157 Å². The second-order valence-electron chi connectivity index (χ2n) is 6.84. The summed E-state index contributed by atoms with van der Waals surface area (Å²) in [6, 6.07) is -1.13. The zero-order valence-corrected chi connectivity index (χ0v) is 16.3. The van der Waals surface area contributed by atoms with Crippen molar-refractivity contribution in [3.05, 3.63) is 0 Å². The molecule has 6 atom stereocenters. The van der Waals surface area contributed by atoms with Crippen LogP contribution in [0.5, 0.6) is 0 Å². The molecule has 2 aliphatic rings. The molecule has 0 unspecified atom stereocenters. The molecule has 2 aliphatic heterocycles. The van der Waals surface area contributed by atoms with Gasteiger partial charge < -0.3 is 21.1 Å². The van der Waals surface area contributed by atoms with Crippen molar-refractivity contribution < 1.29 is 19.5 Å². The van der Waals surface area contributed by atoms with Gasteiger partial charge in [-0.1, -0.05) is 13.8 Å². The fraction of sp³-hybridized carbons (Fsp3) is 0.812. The summed E-state index contributed by atoms with van der Waals surface area (Å²) < 4.78 is 0. The number of nitrogens with one attached hydrogen (secondary N) is 1. The van der Waals surface area contributed by atoms with Gasteiger partial charge in [0.05, 0.1) is 16.5 Å². The Balaban J connectivity index is 2.05. The SMILES string of the molecule is CC[C@H](N)[C@H](S)C(=O)NC[C@H]1CC[C@H](C)[C@H]2SC[C@@H](C(=O)O)N2C1=O. The van der Waals surface area contributed by atoms with E-state index in [0.29, 0.717) is 18.6 Å². The average Bonchev–Trinajstić information content (AvgIpc) is 3.00. The van der Waals surface area contributed by atoms with Crippen molar-refractivity contribution in [2.75, 3.05) is 12.3 Å². The Morgan fingerprint density at radius 1 is 1.48 bits per heavy atom. The first kappa shape index (κ1) is 20.4. The summed E-state index contributed by atoms with van der Waals surface area (Å²) in [7, 11) is 0. The molecular weight excluding hydrogens is 362 g/mol. The maximum atomic E-state index is 12.9. The molecule has 9 heteroatoms. The van der Waals surface area contributed by atoms with Gasteiger partial charge in [0, 0.05) is 18.3 Å². The predicted molar refractivity (Wildman–Crippen MR) is 100 cm³/mol. The normalized spacial score (nSPS) is 31.8. The molecule has 4 N–H and O–H groups in total. The first-order valence-corrected chi connectivity index (χ1v) is 10.2. The van der Waals surface area contributed by atoms with E-state index in [0.717, 1.165) is 6.42 Å². The highest BCUT2D eigenvalue weighted by Crippen LogP contribution is 2.40. The summed E-state index contributed by atoms with van der Waals surface area (Å²) >= 11 is 5.78. The van der Waals surface area contributed by atoms with Gasteiger partial charge >= 0.3 is 5.97 Å². The number of carboxylic acid groups (broad SMARTS) is 1. The number of hydrogen-bond donors (Lipinski definition) is 4. The van der Waals surface area contributed by atoms with E-state index in [1.807, 2.05) is 13.8 Å². The molecule has 0 aliphatic carbocycles. The first-order valence-electron chi connectivity index (χ1n) is 8.65. The summed E-state index contributed by atoms with van der Waals surface area (Å²) in [5, 5.41) is 11.5. The minimum atomic E-state index is -0.968. The standard InChI is InChI=1S/C16H27N3O4S2/c1-3-10(17)12(24)13(20)18-6-9-5-4-8(2)15-19(14(9)21)11(7-25-15)16(22)23/h8-12,15,24H,3-7,17H2,1-2H3,(H,18,20)(H,22,23)/t8-,9+,10-,11-,12-,15+/m0/s1. The number of thioether (sulfide) groups is 1. The quantitative estimate of drug-likeness (QED) is 0.493. The number of carboxylic acids is 1. The molecule has 0 aromatic carbocycles. The lowest BCUT2D eigenvalue weighted by Gasteiger charge is -2.30. The largest absolute Gasteiger partial charge is 0.480 e. The van der Waals surface area contributed by atoms with Gasteiger partial charge in [-0.2, -0.15) is 12.6 Å². The third-order valence-corrected chi connectivity index (χ3v) is 7.21. The van der Waals surface area contributed by atoms with Gasteiger partial charge in [0.1, 0.15) is 6.04 Å². The lowest BCUT2D eigenvalue weighted by Crippen LogP contribution is -2.50. The third-order valence-electron chi connectivity index (χ3n) is 5.05. The van der Waals surface area contributed by atoms with Gasteiger partial charge in [0.25, 0.3) is 0 Å². The Bertz CT molecular complexity index is 534. The zero-order valence-electron chi connectivity index (χ0n) is 14.6. The average molecular weight is 390 g/mol. The molecule has 7 nitrogen and oxygen atoms in total. The van der Waals surface area contributed by atoms with Crippen molar-refractivity contribution in [3.8, 4) is 0 Å². The van der Waals surface area contributed by atoms with Crippen LogP contribution in [0.4, 0.5) is 0 Å². The van der Waals surface area contributed by atoms with Crippen molar-refractivity contribution >= 4 is 42.2 Å². The van der Waals surface area contributed by atoms with Crippen molar-refractivity contribution in [3.63, 3.8) is 0 Å². The molecule has 0 saturated carbocycles. The number of aliphatic carboxylic acids is 1. The Morgan fingerprint density at radius 3 is 2.76 bits per heavy atom.